The van der Waals surface area contributed by atoms with Crippen molar-refractivity contribution in [3.8, 4) is 11.5 Å². The predicted octanol–water partition coefficient (Wildman–Crippen LogP) is 2.37. The fourth-order valence-corrected chi connectivity index (χ4v) is 3.22. The summed E-state index contributed by atoms with van der Waals surface area (Å²) in [6, 6.07) is 8.92. The third kappa shape index (κ3) is 5.29. The second-order valence-electron chi connectivity index (χ2n) is 6.72. The Morgan fingerprint density at radius 1 is 1.28 bits per heavy atom. The molecule has 1 aliphatic rings. The number of anilines is 1. The van der Waals surface area contributed by atoms with Gasteiger partial charge in [-0.15, -0.1) is 0 Å². The Labute approximate surface area is 169 Å². The summed E-state index contributed by atoms with van der Waals surface area (Å²) in [5, 5.41) is 2.88. The first kappa shape index (κ1) is 20.7. The van der Waals surface area contributed by atoms with Crippen LogP contribution in [0.25, 0.3) is 0 Å². The summed E-state index contributed by atoms with van der Waals surface area (Å²) in [6.45, 7) is 1.72. The van der Waals surface area contributed by atoms with E-state index in [1.54, 1.807) is 43.6 Å². The lowest BCUT2D eigenvalue weighted by Crippen LogP contribution is -2.34. The van der Waals surface area contributed by atoms with Crippen LogP contribution in [0.3, 0.4) is 0 Å². The van der Waals surface area contributed by atoms with Crippen LogP contribution in [0, 0.1) is 5.92 Å². The summed E-state index contributed by atoms with van der Waals surface area (Å²) in [5.41, 5.74) is 0.610. The van der Waals surface area contributed by atoms with E-state index in [1.807, 2.05) is 12.1 Å². The van der Waals surface area contributed by atoms with Crippen LogP contribution < -0.4 is 19.7 Å². The van der Waals surface area contributed by atoms with E-state index in [9.17, 15) is 9.59 Å². The van der Waals surface area contributed by atoms with Gasteiger partial charge < -0.3 is 28.8 Å². The van der Waals surface area contributed by atoms with Crippen molar-refractivity contribution in [3.05, 3.63) is 42.4 Å². The number of rotatable bonds is 10. The van der Waals surface area contributed by atoms with Crippen LogP contribution in [0.15, 0.2) is 41.0 Å². The van der Waals surface area contributed by atoms with E-state index in [0.717, 1.165) is 5.76 Å². The number of methoxy groups -OCH3 is 2. The van der Waals surface area contributed by atoms with Crippen molar-refractivity contribution in [2.24, 2.45) is 5.92 Å². The second-order valence-corrected chi connectivity index (χ2v) is 6.72. The van der Waals surface area contributed by atoms with E-state index in [2.05, 4.69) is 5.32 Å². The van der Waals surface area contributed by atoms with Crippen LogP contribution in [0.5, 0.6) is 11.5 Å². The van der Waals surface area contributed by atoms with Gasteiger partial charge in [0.1, 0.15) is 23.9 Å². The first-order valence-corrected chi connectivity index (χ1v) is 9.52. The van der Waals surface area contributed by atoms with Crippen molar-refractivity contribution in [2.75, 3.05) is 38.8 Å². The summed E-state index contributed by atoms with van der Waals surface area (Å²) < 4.78 is 21.3. The number of hydrogen-bond donors (Lipinski definition) is 1. The van der Waals surface area contributed by atoms with E-state index in [0.29, 0.717) is 49.9 Å². The molecule has 1 aromatic heterocycles. The van der Waals surface area contributed by atoms with Crippen molar-refractivity contribution in [3.63, 3.8) is 0 Å². The maximum Gasteiger partial charge on any atom is 0.227 e. The maximum absolute atomic E-state index is 12.5. The van der Waals surface area contributed by atoms with Gasteiger partial charge >= 0.3 is 0 Å². The summed E-state index contributed by atoms with van der Waals surface area (Å²) in [5.74, 6) is 1.31. The third-order valence-electron chi connectivity index (χ3n) is 4.76. The Balaban J connectivity index is 1.46. The molecule has 8 heteroatoms. The predicted molar refractivity (Wildman–Crippen MR) is 106 cm³/mol. The highest BCUT2D eigenvalue weighted by atomic mass is 16.5. The van der Waals surface area contributed by atoms with Gasteiger partial charge in [0.25, 0.3) is 0 Å². The molecule has 1 aliphatic heterocycles. The highest BCUT2D eigenvalue weighted by Crippen LogP contribution is 2.36. The number of nitrogens with one attached hydrogen (secondary N) is 1. The summed E-state index contributed by atoms with van der Waals surface area (Å²) in [7, 11) is 3.11. The molecule has 1 unspecified atom stereocenters. The molecule has 0 aliphatic carbocycles. The first-order chi connectivity index (χ1) is 14.1. The van der Waals surface area contributed by atoms with E-state index >= 15 is 0 Å². The molecule has 0 radical (unpaired) electrons. The molecule has 2 aromatic rings. The Hall–Kier alpha value is -3.00. The van der Waals surface area contributed by atoms with Gasteiger partial charge in [0.05, 0.1) is 32.1 Å². The fraction of sp³-hybridized carbons (Fsp3) is 0.429. The number of carbonyl (C=O) groups is 2. The van der Waals surface area contributed by atoms with Gasteiger partial charge in [-0.25, -0.2) is 0 Å². The van der Waals surface area contributed by atoms with Crippen molar-refractivity contribution < 1.29 is 28.2 Å². The standard InChI is InChI=1S/C21H26N2O6/c1-26-16-6-7-19(27-2)18(12-16)23-13-15(11-20(23)24)21(25)22-8-4-9-28-14-17-5-3-10-29-17/h3,5-7,10,12,15H,4,8-9,11,13-14H2,1-2H3,(H,22,25). The van der Waals surface area contributed by atoms with Crippen molar-refractivity contribution in [1.82, 2.24) is 5.32 Å². The zero-order valence-electron chi connectivity index (χ0n) is 16.7. The van der Waals surface area contributed by atoms with Crippen LogP contribution in [-0.4, -0.2) is 45.7 Å². The number of carbonyl (C=O) groups excluding carboxylic acids is 2. The van der Waals surface area contributed by atoms with E-state index in [-0.39, 0.29) is 18.2 Å². The molecule has 1 N–H and O–H groups in total. The minimum atomic E-state index is -0.401. The van der Waals surface area contributed by atoms with Crippen molar-refractivity contribution >= 4 is 17.5 Å². The van der Waals surface area contributed by atoms with E-state index in [4.69, 9.17) is 18.6 Å². The molecule has 1 atom stereocenters. The Kier molecular flexibility index (Phi) is 7.13. The van der Waals surface area contributed by atoms with Gasteiger partial charge in [0.2, 0.25) is 11.8 Å². The van der Waals surface area contributed by atoms with Gasteiger partial charge in [0, 0.05) is 32.2 Å². The summed E-state index contributed by atoms with van der Waals surface area (Å²) >= 11 is 0. The number of ether oxygens (including phenoxy) is 3. The quantitative estimate of drug-likeness (QED) is 0.614. The molecule has 1 aromatic carbocycles. The number of furan rings is 1. The third-order valence-corrected chi connectivity index (χ3v) is 4.76. The number of nitrogens with zero attached hydrogens (tertiary/aromatic N) is 1. The number of hydrogen-bond acceptors (Lipinski definition) is 6. The van der Waals surface area contributed by atoms with Gasteiger partial charge in [-0.3, -0.25) is 9.59 Å². The lowest BCUT2D eigenvalue weighted by molar-refractivity contribution is -0.126. The number of benzene rings is 1. The average Bonchev–Trinajstić information content (AvgIpc) is 3.39. The first-order valence-electron chi connectivity index (χ1n) is 9.52. The molecule has 29 heavy (non-hydrogen) atoms. The monoisotopic (exact) mass is 402 g/mol. The molecular formula is C21H26N2O6. The van der Waals surface area contributed by atoms with Crippen LogP contribution >= 0.6 is 0 Å². The minimum absolute atomic E-state index is 0.113. The molecule has 3 rings (SSSR count). The molecule has 2 heterocycles. The minimum Gasteiger partial charge on any atom is -0.497 e. The van der Waals surface area contributed by atoms with Crippen molar-refractivity contribution in [1.29, 1.82) is 0 Å². The molecular weight excluding hydrogens is 376 g/mol. The topological polar surface area (TPSA) is 90.2 Å². The van der Waals surface area contributed by atoms with Crippen LogP contribution in [0.2, 0.25) is 0 Å². The Morgan fingerprint density at radius 2 is 2.14 bits per heavy atom. The van der Waals surface area contributed by atoms with Crippen molar-refractivity contribution in [2.45, 2.75) is 19.4 Å². The smallest absolute Gasteiger partial charge is 0.227 e. The molecule has 0 saturated carbocycles. The zero-order chi connectivity index (χ0) is 20.6. The van der Waals surface area contributed by atoms with E-state index in [1.165, 1.54) is 0 Å². The van der Waals surface area contributed by atoms with E-state index < -0.39 is 5.92 Å². The molecule has 1 saturated heterocycles. The lowest BCUT2D eigenvalue weighted by Gasteiger charge is -2.20. The summed E-state index contributed by atoms with van der Waals surface area (Å²) in [6.07, 6.45) is 2.45. The Bertz CT molecular complexity index is 821. The normalized spacial score (nSPS) is 16.1. The highest BCUT2D eigenvalue weighted by Gasteiger charge is 2.36. The summed E-state index contributed by atoms with van der Waals surface area (Å²) in [4.78, 5) is 26.6. The largest absolute Gasteiger partial charge is 0.497 e. The SMILES string of the molecule is COc1ccc(OC)c(N2CC(C(=O)NCCCOCc3ccco3)CC2=O)c1. The van der Waals surface area contributed by atoms with Crippen LogP contribution in [-0.2, 0) is 20.9 Å². The van der Waals surface area contributed by atoms with Crippen LogP contribution in [0.4, 0.5) is 5.69 Å². The van der Waals surface area contributed by atoms with Gasteiger partial charge in [-0.2, -0.15) is 0 Å². The number of amides is 2. The molecule has 2 amide bonds. The zero-order valence-corrected chi connectivity index (χ0v) is 16.7. The van der Waals surface area contributed by atoms with Gasteiger partial charge in [0.15, 0.2) is 0 Å². The maximum atomic E-state index is 12.5. The average molecular weight is 402 g/mol. The highest BCUT2D eigenvalue weighted by molar-refractivity contribution is 6.01. The van der Waals surface area contributed by atoms with Gasteiger partial charge in [-0.1, -0.05) is 0 Å². The Morgan fingerprint density at radius 3 is 2.86 bits per heavy atom. The molecule has 156 valence electrons. The molecule has 1 fully saturated rings. The fourth-order valence-electron chi connectivity index (χ4n) is 3.22. The second kappa shape index (κ2) is 9.97. The van der Waals surface area contributed by atoms with Crippen LogP contribution in [0.1, 0.15) is 18.6 Å². The lowest BCUT2D eigenvalue weighted by atomic mass is 10.1. The molecule has 0 bridgehead atoms. The molecule has 8 nitrogen and oxygen atoms in total. The van der Waals surface area contributed by atoms with Gasteiger partial charge in [-0.05, 0) is 30.7 Å². The molecule has 0 spiro atoms.